The van der Waals surface area contributed by atoms with Crippen molar-refractivity contribution in [1.29, 1.82) is 0 Å². The summed E-state index contributed by atoms with van der Waals surface area (Å²) < 4.78 is 4.77. The van der Waals surface area contributed by atoms with E-state index in [9.17, 15) is 9.59 Å². The number of hydrogen-bond acceptors (Lipinski definition) is 3. The number of methoxy groups -OCH3 is 1. The molecule has 2 aliphatic heterocycles. The van der Waals surface area contributed by atoms with Crippen LogP contribution in [0.5, 0.6) is 0 Å². The molecule has 0 bridgehead atoms. The van der Waals surface area contributed by atoms with E-state index in [4.69, 9.17) is 4.74 Å². The predicted molar refractivity (Wildman–Crippen MR) is 82.3 cm³/mol. The minimum atomic E-state index is -0.332. The molecule has 2 amide bonds. The highest BCUT2D eigenvalue weighted by Crippen LogP contribution is 2.24. The van der Waals surface area contributed by atoms with Crippen molar-refractivity contribution in [3.63, 3.8) is 0 Å². The lowest BCUT2D eigenvalue weighted by Gasteiger charge is -2.36. The summed E-state index contributed by atoms with van der Waals surface area (Å²) in [4.78, 5) is 28.0. The highest BCUT2D eigenvalue weighted by Gasteiger charge is 2.32. The molecule has 2 heterocycles. The van der Waals surface area contributed by atoms with Gasteiger partial charge in [-0.3, -0.25) is 4.79 Å². The van der Waals surface area contributed by atoms with E-state index in [1.807, 2.05) is 17.0 Å². The number of likely N-dealkylation sites (tertiary alicyclic amines) is 1. The van der Waals surface area contributed by atoms with Gasteiger partial charge in [0.25, 0.3) is 0 Å². The fourth-order valence-corrected chi connectivity index (χ4v) is 3.42. The first-order valence-electron chi connectivity index (χ1n) is 7.87. The zero-order valence-corrected chi connectivity index (χ0v) is 13.0. The number of nitrogens with zero attached hydrogens (tertiary/aromatic N) is 2. The van der Waals surface area contributed by atoms with Crippen LogP contribution >= 0.6 is 0 Å². The Labute approximate surface area is 130 Å². The van der Waals surface area contributed by atoms with E-state index in [0.717, 1.165) is 25.8 Å². The molecule has 0 saturated carbocycles. The average Bonchev–Trinajstić information content (AvgIpc) is 2.60. The number of ether oxygens (including phenoxy) is 1. The van der Waals surface area contributed by atoms with Gasteiger partial charge in [-0.15, -0.1) is 0 Å². The first kappa shape index (κ1) is 14.9. The van der Waals surface area contributed by atoms with Crippen LogP contribution in [0.3, 0.4) is 0 Å². The van der Waals surface area contributed by atoms with E-state index in [1.165, 1.54) is 18.2 Å². The van der Waals surface area contributed by atoms with E-state index in [0.29, 0.717) is 19.6 Å². The predicted octanol–water partition coefficient (Wildman–Crippen LogP) is 2.05. The molecule has 1 unspecified atom stereocenters. The van der Waals surface area contributed by atoms with Crippen molar-refractivity contribution in [2.75, 3.05) is 26.7 Å². The van der Waals surface area contributed by atoms with Crippen molar-refractivity contribution in [2.45, 2.75) is 25.8 Å². The standard InChI is InChI=1S/C17H22N2O3/c1-22-17(21)19-9-4-7-15(12-19)16(20)18-10-8-13-5-2-3-6-14(13)11-18/h2-3,5-6,15H,4,7-12H2,1H3. The summed E-state index contributed by atoms with van der Waals surface area (Å²) in [6.45, 7) is 2.61. The number of hydrogen-bond donors (Lipinski definition) is 0. The fraction of sp³-hybridized carbons (Fsp3) is 0.529. The lowest BCUT2D eigenvalue weighted by molar-refractivity contribution is -0.138. The molecule has 5 heteroatoms. The van der Waals surface area contributed by atoms with E-state index in [1.54, 1.807) is 4.90 Å². The highest BCUT2D eigenvalue weighted by atomic mass is 16.5. The van der Waals surface area contributed by atoms with Gasteiger partial charge in [0, 0.05) is 26.2 Å². The summed E-state index contributed by atoms with van der Waals surface area (Å²) in [5.74, 6) is 0.0706. The van der Waals surface area contributed by atoms with Gasteiger partial charge >= 0.3 is 6.09 Å². The summed E-state index contributed by atoms with van der Waals surface area (Å²) >= 11 is 0. The Kier molecular flexibility index (Phi) is 4.32. The van der Waals surface area contributed by atoms with Crippen molar-refractivity contribution in [3.8, 4) is 0 Å². The van der Waals surface area contributed by atoms with Crippen molar-refractivity contribution in [1.82, 2.24) is 9.80 Å². The molecule has 0 aromatic heterocycles. The number of rotatable bonds is 1. The summed E-state index contributed by atoms with van der Waals surface area (Å²) in [5, 5.41) is 0. The number of benzene rings is 1. The van der Waals surface area contributed by atoms with Crippen LogP contribution < -0.4 is 0 Å². The second-order valence-electron chi connectivity index (χ2n) is 6.03. The van der Waals surface area contributed by atoms with Gasteiger partial charge in [0.05, 0.1) is 13.0 Å². The van der Waals surface area contributed by atoms with Gasteiger partial charge in [-0.05, 0) is 30.4 Å². The molecule has 0 N–H and O–H groups in total. The van der Waals surface area contributed by atoms with Gasteiger partial charge in [-0.2, -0.15) is 0 Å². The third-order valence-corrected chi connectivity index (χ3v) is 4.65. The normalized spacial score (nSPS) is 21.2. The molecule has 1 aromatic carbocycles. The van der Waals surface area contributed by atoms with Crippen LogP contribution in [0, 0.1) is 5.92 Å². The van der Waals surface area contributed by atoms with Crippen molar-refractivity contribution in [2.24, 2.45) is 5.92 Å². The lowest BCUT2D eigenvalue weighted by Crippen LogP contribution is -2.47. The molecule has 1 fully saturated rings. The number of piperidine rings is 1. The molecule has 0 aliphatic carbocycles. The number of amides is 2. The highest BCUT2D eigenvalue weighted by molar-refractivity contribution is 5.80. The smallest absolute Gasteiger partial charge is 0.409 e. The van der Waals surface area contributed by atoms with E-state index < -0.39 is 0 Å². The number of carbonyl (C=O) groups is 2. The van der Waals surface area contributed by atoms with Gasteiger partial charge < -0.3 is 14.5 Å². The first-order valence-corrected chi connectivity index (χ1v) is 7.87. The average molecular weight is 302 g/mol. The second-order valence-corrected chi connectivity index (χ2v) is 6.03. The molecule has 3 rings (SSSR count). The zero-order valence-electron chi connectivity index (χ0n) is 13.0. The van der Waals surface area contributed by atoms with Crippen molar-refractivity contribution < 1.29 is 14.3 Å². The van der Waals surface area contributed by atoms with Gasteiger partial charge in [-0.1, -0.05) is 24.3 Å². The molecule has 118 valence electrons. The van der Waals surface area contributed by atoms with E-state index in [2.05, 4.69) is 12.1 Å². The molecule has 1 aromatic rings. The van der Waals surface area contributed by atoms with Gasteiger partial charge in [0.1, 0.15) is 0 Å². The van der Waals surface area contributed by atoms with Crippen LogP contribution in [-0.4, -0.2) is 48.5 Å². The molecule has 1 atom stereocenters. The Morgan fingerprint density at radius 3 is 2.68 bits per heavy atom. The monoisotopic (exact) mass is 302 g/mol. The van der Waals surface area contributed by atoms with Crippen LogP contribution in [0.25, 0.3) is 0 Å². The van der Waals surface area contributed by atoms with Gasteiger partial charge in [0.15, 0.2) is 0 Å². The molecule has 2 aliphatic rings. The SMILES string of the molecule is COC(=O)N1CCCC(C(=O)N2CCc3ccccc3C2)C1. The third kappa shape index (κ3) is 2.93. The van der Waals surface area contributed by atoms with Crippen LogP contribution in [0.15, 0.2) is 24.3 Å². The van der Waals surface area contributed by atoms with Crippen LogP contribution in [0.1, 0.15) is 24.0 Å². The largest absolute Gasteiger partial charge is 0.453 e. The first-order chi connectivity index (χ1) is 10.7. The second kappa shape index (κ2) is 6.38. The maximum Gasteiger partial charge on any atom is 0.409 e. The zero-order chi connectivity index (χ0) is 15.5. The molecule has 0 radical (unpaired) electrons. The molecule has 1 saturated heterocycles. The summed E-state index contributed by atoms with van der Waals surface area (Å²) in [7, 11) is 1.38. The lowest BCUT2D eigenvalue weighted by atomic mass is 9.94. The minimum absolute atomic E-state index is 0.0990. The van der Waals surface area contributed by atoms with Crippen LogP contribution in [0.2, 0.25) is 0 Å². The van der Waals surface area contributed by atoms with Gasteiger partial charge in [0.2, 0.25) is 5.91 Å². The quantitative estimate of drug-likeness (QED) is 0.798. The summed E-state index contributed by atoms with van der Waals surface area (Å²) in [5.41, 5.74) is 2.58. The maximum absolute atomic E-state index is 12.8. The minimum Gasteiger partial charge on any atom is -0.453 e. The maximum atomic E-state index is 12.8. The molecular formula is C17H22N2O3. The third-order valence-electron chi connectivity index (χ3n) is 4.65. The topological polar surface area (TPSA) is 49.9 Å². The van der Waals surface area contributed by atoms with Crippen molar-refractivity contribution >= 4 is 12.0 Å². The molecule has 22 heavy (non-hydrogen) atoms. The number of carbonyl (C=O) groups excluding carboxylic acids is 2. The van der Waals surface area contributed by atoms with Crippen molar-refractivity contribution in [3.05, 3.63) is 35.4 Å². The molecular weight excluding hydrogens is 280 g/mol. The fourth-order valence-electron chi connectivity index (χ4n) is 3.42. The Bertz CT molecular complexity index is 573. The van der Waals surface area contributed by atoms with E-state index in [-0.39, 0.29) is 17.9 Å². The molecule has 5 nitrogen and oxygen atoms in total. The Hall–Kier alpha value is -2.04. The Morgan fingerprint density at radius 2 is 1.91 bits per heavy atom. The summed E-state index contributed by atoms with van der Waals surface area (Å²) in [6.07, 6.45) is 2.29. The Balaban J connectivity index is 1.66. The molecule has 0 spiro atoms. The Morgan fingerprint density at radius 1 is 1.14 bits per heavy atom. The van der Waals surface area contributed by atoms with E-state index >= 15 is 0 Å². The van der Waals surface area contributed by atoms with Crippen LogP contribution in [-0.2, 0) is 22.5 Å². The van der Waals surface area contributed by atoms with Crippen LogP contribution in [0.4, 0.5) is 4.79 Å². The van der Waals surface area contributed by atoms with Gasteiger partial charge in [-0.25, -0.2) is 4.79 Å². The number of fused-ring (bicyclic) bond motifs is 1. The summed E-state index contributed by atoms with van der Waals surface area (Å²) in [6, 6.07) is 8.30.